The van der Waals surface area contributed by atoms with Crippen LogP contribution in [0.4, 0.5) is 11.8 Å². The second-order valence-electron chi connectivity index (χ2n) is 6.15. The number of hydrogen-bond acceptors (Lipinski definition) is 6. The number of anilines is 2. The van der Waals surface area contributed by atoms with Gasteiger partial charge < -0.3 is 15.8 Å². The van der Waals surface area contributed by atoms with Crippen LogP contribution in [0.3, 0.4) is 0 Å². The first-order chi connectivity index (χ1) is 10.8. The number of thioether (sulfide) groups is 1. The third kappa shape index (κ3) is 4.49. The van der Waals surface area contributed by atoms with Crippen LogP contribution in [0.1, 0.15) is 50.1 Å². The van der Waals surface area contributed by atoms with E-state index in [2.05, 4.69) is 27.0 Å². The molecule has 2 aliphatic rings. The van der Waals surface area contributed by atoms with Crippen LogP contribution in [0.5, 0.6) is 0 Å². The van der Waals surface area contributed by atoms with Gasteiger partial charge in [0.25, 0.3) is 0 Å². The lowest BCUT2D eigenvalue weighted by Gasteiger charge is -2.21. The van der Waals surface area contributed by atoms with Crippen molar-refractivity contribution in [3.8, 4) is 0 Å². The zero-order valence-corrected chi connectivity index (χ0v) is 13.9. The van der Waals surface area contributed by atoms with Crippen LogP contribution in [-0.2, 0) is 4.74 Å². The predicted octanol–water partition coefficient (Wildman–Crippen LogP) is 3.04. The van der Waals surface area contributed by atoms with Crippen LogP contribution in [-0.4, -0.2) is 40.7 Å². The number of nitrogens with two attached hydrogens (primary N) is 1. The van der Waals surface area contributed by atoms with Crippen molar-refractivity contribution >= 4 is 23.5 Å². The quantitative estimate of drug-likeness (QED) is 0.784. The van der Waals surface area contributed by atoms with Gasteiger partial charge >= 0.3 is 0 Å². The molecule has 3 rings (SSSR count). The fraction of sp³-hybridized carbons (Fsp3) is 0.750. The molecule has 1 saturated carbocycles. The van der Waals surface area contributed by atoms with E-state index in [-0.39, 0.29) is 0 Å². The third-order valence-corrected chi connectivity index (χ3v) is 5.81. The predicted molar refractivity (Wildman–Crippen MR) is 92.4 cm³/mol. The normalized spacial score (nSPS) is 22.8. The summed E-state index contributed by atoms with van der Waals surface area (Å²) >= 11 is 2.09. The molecule has 1 atom stereocenters. The van der Waals surface area contributed by atoms with Crippen LogP contribution >= 0.6 is 11.8 Å². The highest BCUT2D eigenvalue weighted by atomic mass is 32.2. The lowest BCUT2D eigenvalue weighted by molar-refractivity contribution is 0.193. The highest BCUT2D eigenvalue weighted by Gasteiger charge is 2.20. The molecule has 0 bridgehead atoms. The van der Waals surface area contributed by atoms with Gasteiger partial charge in [-0.15, -0.1) is 0 Å². The van der Waals surface area contributed by atoms with Gasteiger partial charge in [-0.1, -0.05) is 19.3 Å². The fourth-order valence-electron chi connectivity index (χ4n) is 3.19. The van der Waals surface area contributed by atoms with Gasteiger partial charge in [-0.3, -0.25) is 0 Å². The minimum Gasteiger partial charge on any atom is -0.381 e. The Morgan fingerprint density at radius 3 is 2.86 bits per heavy atom. The first-order valence-electron chi connectivity index (χ1n) is 8.39. The van der Waals surface area contributed by atoms with Crippen molar-refractivity contribution in [1.82, 2.24) is 9.97 Å². The molecule has 0 aromatic carbocycles. The number of nitrogen functional groups attached to an aromatic ring is 1. The van der Waals surface area contributed by atoms with Gasteiger partial charge in [-0.05, 0) is 19.3 Å². The maximum Gasteiger partial charge on any atom is 0.222 e. The number of nitrogens with one attached hydrogen (secondary N) is 1. The van der Waals surface area contributed by atoms with E-state index in [0.717, 1.165) is 48.7 Å². The van der Waals surface area contributed by atoms with Gasteiger partial charge in [0.1, 0.15) is 5.82 Å². The van der Waals surface area contributed by atoms with Gasteiger partial charge in [0.15, 0.2) is 0 Å². The number of aromatic nitrogens is 2. The Balaban J connectivity index is 1.47. The van der Waals surface area contributed by atoms with Gasteiger partial charge in [0.2, 0.25) is 5.95 Å². The smallest absolute Gasteiger partial charge is 0.222 e. The number of rotatable bonds is 6. The molecule has 1 aliphatic carbocycles. The lowest BCUT2D eigenvalue weighted by Crippen LogP contribution is -2.14. The summed E-state index contributed by atoms with van der Waals surface area (Å²) in [6.07, 6.45) is 8.02. The molecule has 6 heteroatoms. The van der Waals surface area contributed by atoms with E-state index in [1.54, 1.807) is 0 Å². The van der Waals surface area contributed by atoms with Gasteiger partial charge in [0.05, 0.1) is 12.3 Å². The Morgan fingerprint density at radius 1 is 1.23 bits per heavy atom. The summed E-state index contributed by atoms with van der Waals surface area (Å²) in [5, 5.41) is 4.25. The molecule has 0 spiro atoms. The van der Waals surface area contributed by atoms with E-state index in [4.69, 9.17) is 10.5 Å². The molecule has 3 N–H and O–H groups in total. The molecular weight excluding hydrogens is 296 g/mol. The monoisotopic (exact) mass is 322 g/mol. The second-order valence-corrected chi connectivity index (χ2v) is 7.56. The number of nitrogens with zero attached hydrogens (tertiary/aromatic N) is 2. The highest BCUT2D eigenvalue weighted by Crippen LogP contribution is 2.28. The third-order valence-electron chi connectivity index (χ3n) is 4.43. The van der Waals surface area contributed by atoms with E-state index in [1.165, 1.54) is 32.1 Å². The zero-order chi connectivity index (χ0) is 15.2. The van der Waals surface area contributed by atoms with E-state index >= 15 is 0 Å². The van der Waals surface area contributed by atoms with Crippen LogP contribution in [0.2, 0.25) is 0 Å². The molecule has 1 aromatic heterocycles. The maximum absolute atomic E-state index is 5.84. The molecule has 1 saturated heterocycles. The van der Waals surface area contributed by atoms with Crippen molar-refractivity contribution in [2.75, 3.05) is 36.6 Å². The van der Waals surface area contributed by atoms with Crippen LogP contribution in [0.15, 0.2) is 6.07 Å². The van der Waals surface area contributed by atoms with Crippen molar-refractivity contribution in [1.29, 1.82) is 0 Å². The van der Waals surface area contributed by atoms with E-state index in [0.29, 0.717) is 11.9 Å². The Kier molecular flexibility index (Phi) is 5.78. The highest BCUT2D eigenvalue weighted by molar-refractivity contribution is 7.99. The molecule has 0 radical (unpaired) electrons. The van der Waals surface area contributed by atoms with Crippen molar-refractivity contribution in [2.24, 2.45) is 0 Å². The summed E-state index contributed by atoms with van der Waals surface area (Å²) in [6.45, 7) is 2.49. The zero-order valence-electron chi connectivity index (χ0n) is 13.1. The number of hydrogen-bond donors (Lipinski definition) is 2. The van der Waals surface area contributed by atoms with Gasteiger partial charge in [-0.2, -0.15) is 16.7 Å². The topological polar surface area (TPSA) is 73.1 Å². The van der Waals surface area contributed by atoms with Crippen LogP contribution < -0.4 is 11.1 Å². The standard InChI is InChI=1S/C16H26N4OS/c17-16-19-14(12-6-8-21-11-12)10-15(20-16)18-7-9-22-13-4-2-1-3-5-13/h10,12-13H,1-9,11H2,(H3,17,18,19,20)/t12-/m0/s1. The Hall–Kier alpha value is -1.01. The first-order valence-corrected chi connectivity index (χ1v) is 9.44. The summed E-state index contributed by atoms with van der Waals surface area (Å²) in [6, 6.07) is 2.03. The Morgan fingerprint density at radius 2 is 2.09 bits per heavy atom. The molecule has 0 unspecified atom stereocenters. The van der Waals surface area contributed by atoms with Gasteiger partial charge in [0, 0.05) is 36.1 Å². The van der Waals surface area contributed by atoms with Crippen molar-refractivity contribution in [2.45, 2.75) is 49.7 Å². The van der Waals surface area contributed by atoms with Crippen LogP contribution in [0.25, 0.3) is 0 Å². The minimum absolute atomic E-state index is 0.354. The van der Waals surface area contributed by atoms with E-state index in [9.17, 15) is 0 Å². The molecule has 0 amide bonds. The molecule has 1 aromatic rings. The summed E-state index contributed by atoms with van der Waals surface area (Å²) in [7, 11) is 0. The van der Waals surface area contributed by atoms with Gasteiger partial charge in [-0.25, -0.2) is 4.98 Å². The molecule has 22 heavy (non-hydrogen) atoms. The average molecular weight is 322 g/mol. The lowest BCUT2D eigenvalue weighted by atomic mass is 10.0. The molecule has 122 valence electrons. The van der Waals surface area contributed by atoms with Crippen molar-refractivity contribution in [3.05, 3.63) is 11.8 Å². The fourth-order valence-corrected chi connectivity index (χ4v) is 4.41. The van der Waals surface area contributed by atoms with Crippen LogP contribution in [0, 0.1) is 0 Å². The van der Waals surface area contributed by atoms with Crippen molar-refractivity contribution in [3.63, 3.8) is 0 Å². The summed E-state index contributed by atoms with van der Waals surface area (Å²) in [5.74, 6) is 2.68. The molecular formula is C16H26N4OS. The van der Waals surface area contributed by atoms with E-state index in [1.807, 2.05) is 6.07 Å². The summed E-state index contributed by atoms with van der Waals surface area (Å²) < 4.78 is 5.43. The Labute approximate surface area is 136 Å². The molecule has 5 nitrogen and oxygen atoms in total. The average Bonchev–Trinajstić information content (AvgIpc) is 3.07. The summed E-state index contributed by atoms with van der Waals surface area (Å²) in [5.41, 5.74) is 6.85. The summed E-state index contributed by atoms with van der Waals surface area (Å²) in [4.78, 5) is 8.65. The molecule has 1 aliphatic heterocycles. The molecule has 2 fully saturated rings. The molecule has 2 heterocycles. The largest absolute Gasteiger partial charge is 0.381 e. The minimum atomic E-state index is 0.354. The Bertz CT molecular complexity index is 473. The van der Waals surface area contributed by atoms with E-state index < -0.39 is 0 Å². The maximum atomic E-state index is 5.84. The number of ether oxygens (including phenoxy) is 1. The first kappa shape index (κ1) is 15.9. The van der Waals surface area contributed by atoms with Crippen molar-refractivity contribution < 1.29 is 4.74 Å². The second kappa shape index (κ2) is 8.02. The SMILES string of the molecule is Nc1nc(NCCSC2CCCCC2)cc([C@H]2CCOC2)n1.